The minimum atomic E-state index is -0.756. The second kappa shape index (κ2) is 7.57. The van der Waals surface area contributed by atoms with Crippen LogP contribution in [0.5, 0.6) is 0 Å². The molecule has 1 aromatic heterocycles. The number of aromatic nitrogens is 1. The molecule has 0 saturated heterocycles. The summed E-state index contributed by atoms with van der Waals surface area (Å²) in [7, 11) is 1.71. The smallest absolute Gasteiger partial charge is 0.230 e. The van der Waals surface area contributed by atoms with Crippen LogP contribution in [-0.4, -0.2) is 10.5 Å². The molecular weight excluding hydrogens is 363 g/mol. The minimum Gasteiger partial charge on any atom is -0.326 e. The van der Waals surface area contributed by atoms with E-state index in [0.29, 0.717) is 16.2 Å². The number of nitrogens with one attached hydrogen (secondary N) is 1. The van der Waals surface area contributed by atoms with Crippen molar-refractivity contribution in [2.24, 2.45) is 12.0 Å². The monoisotopic (exact) mass is 377 g/mol. The van der Waals surface area contributed by atoms with E-state index >= 15 is 0 Å². The summed E-state index contributed by atoms with van der Waals surface area (Å²) in [5.74, 6) is -2.08. The molecule has 1 amide bonds. The topological polar surface area (TPSA) is 46.4 Å². The van der Waals surface area contributed by atoms with E-state index in [1.807, 2.05) is 0 Å². The highest BCUT2D eigenvalue weighted by molar-refractivity contribution is 7.07. The van der Waals surface area contributed by atoms with E-state index in [1.54, 1.807) is 17.0 Å². The first kappa shape index (κ1) is 17.9. The maximum Gasteiger partial charge on any atom is 0.230 e. The Kier molecular flexibility index (Phi) is 5.22. The summed E-state index contributed by atoms with van der Waals surface area (Å²) in [6, 6.07) is 8.61. The Balaban J connectivity index is 1.77. The molecule has 26 heavy (non-hydrogen) atoms. The first-order valence-electron chi connectivity index (χ1n) is 7.61. The largest absolute Gasteiger partial charge is 0.326 e. The molecule has 0 saturated carbocycles. The van der Waals surface area contributed by atoms with Crippen LogP contribution in [0.4, 0.5) is 24.5 Å². The van der Waals surface area contributed by atoms with E-state index < -0.39 is 11.6 Å². The van der Waals surface area contributed by atoms with Gasteiger partial charge in [-0.3, -0.25) is 4.79 Å². The lowest BCUT2D eigenvalue weighted by Crippen LogP contribution is -2.19. The fourth-order valence-electron chi connectivity index (χ4n) is 2.24. The molecule has 0 aliphatic heterocycles. The minimum absolute atomic E-state index is 0.0196. The van der Waals surface area contributed by atoms with Crippen molar-refractivity contribution in [3.05, 3.63) is 75.8 Å². The maximum atomic E-state index is 13.7. The van der Waals surface area contributed by atoms with Crippen LogP contribution < -0.4 is 10.1 Å². The molecular formula is C18H14F3N3OS. The molecule has 3 aromatic rings. The SMILES string of the molecule is Cn1c(CC(=O)Nc2ccc(F)cc2)csc1=Nc1ccc(F)cc1F. The van der Waals surface area contributed by atoms with Gasteiger partial charge < -0.3 is 9.88 Å². The van der Waals surface area contributed by atoms with Crippen LogP contribution >= 0.6 is 11.3 Å². The summed E-state index contributed by atoms with van der Waals surface area (Å²) in [6.45, 7) is 0. The van der Waals surface area contributed by atoms with Gasteiger partial charge in [0.15, 0.2) is 10.6 Å². The van der Waals surface area contributed by atoms with Gasteiger partial charge in [-0.15, -0.1) is 11.3 Å². The van der Waals surface area contributed by atoms with Crippen molar-refractivity contribution in [1.29, 1.82) is 0 Å². The van der Waals surface area contributed by atoms with Gasteiger partial charge >= 0.3 is 0 Å². The predicted molar refractivity (Wildman–Crippen MR) is 93.6 cm³/mol. The van der Waals surface area contributed by atoms with E-state index in [2.05, 4.69) is 10.3 Å². The van der Waals surface area contributed by atoms with Gasteiger partial charge in [0, 0.05) is 29.9 Å². The van der Waals surface area contributed by atoms with E-state index in [0.717, 1.165) is 12.1 Å². The Bertz CT molecular complexity index is 1010. The van der Waals surface area contributed by atoms with Crippen molar-refractivity contribution >= 4 is 28.6 Å². The Labute approximate surface area is 151 Å². The first-order valence-corrected chi connectivity index (χ1v) is 8.49. The van der Waals surface area contributed by atoms with Crippen LogP contribution in [0.25, 0.3) is 0 Å². The highest BCUT2D eigenvalue weighted by Gasteiger charge is 2.10. The Morgan fingerprint density at radius 2 is 1.81 bits per heavy atom. The van der Waals surface area contributed by atoms with Gasteiger partial charge in [-0.1, -0.05) is 0 Å². The highest BCUT2D eigenvalue weighted by atomic mass is 32.1. The van der Waals surface area contributed by atoms with Gasteiger partial charge in [-0.25, -0.2) is 18.2 Å². The van der Waals surface area contributed by atoms with Crippen LogP contribution in [-0.2, 0) is 18.3 Å². The molecule has 0 spiro atoms. The molecule has 134 valence electrons. The van der Waals surface area contributed by atoms with Crippen LogP contribution in [0.15, 0.2) is 52.8 Å². The number of hydrogen-bond donors (Lipinski definition) is 1. The summed E-state index contributed by atoms with van der Waals surface area (Å²) in [6.07, 6.45) is 0.0752. The first-order chi connectivity index (χ1) is 12.4. The Morgan fingerprint density at radius 3 is 2.50 bits per heavy atom. The molecule has 0 bridgehead atoms. The summed E-state index contributed by atoms with van der Waals surface area (Å²) in [4.78, 5) is 16.8. The van der Waals surface area contributed by atoms with Crippen molar-refractivity contribution in [3.63, 3.8) is 0 Å². The molecule has 1 N–H and O–H groups in total. The number of amides is 1. The predicted octanol–water partition coefficient (Wildman–Crippen LogP) is 3.92. The molecule has 1 heterocycles. The van der Waals surface area contributed by atoms with Crippen molar-refractivity contribution in [2.75, 3.05) is 5.32 Å². The van der Waals surface area contributed by atoms with E-state index in [4.69, 9.17) is 0 Å². The molecule has 0 aliphatic rings. The van der Waals surface area contributed by atoms with Crippen LogP contribution in [0.1, 0.15) is 5.69 Å². The zero-order chi connectivity index (χ0) is 18.7. The third-order valence-electron chi connectivity index (χ3n) is 3.61. The van der Waals surface area contributed by atoms with Gasteiger partial charge in [0.25, 0.3) is 0 Å². The molecule has 0 unspecified atom stereocenters. The fraction of sp³-hybridized carbons (Fsp3) is 0.111. The van der Waals surface area contributed by atoms with Crippen molar-refractivity contribution < 1.29 is 18.0 Å². The second-order valence-corrected chi connectivity index (χ2v) is 6.34. The lowest BCUT2D eigenvalue weighted by atomic mass is 10.2. The second-order valence-electron chi connectivity index (χ2n) is 5.51. The number of benzene rings is 2. The highest BCUT2D eigenvalue weighted by Crippen LogP contribution is 2.18. The number of thiazole rings is 1. The molecule has 8 heteroatoms. The third-order valence-corrected chi connectivity index (χ3v) is 4.58. The number of anilines is 1. The Hall–Kier alpha value is -2.87. The number of hydrogen-bond acceptors (Lipinski definition) is 3. The van der Waals surface area contributed by atoms with Crippen LogP contribution in [0, 0.1) is 17.5 Å². The summed E-state index contributed by atoms with van der Waals surface area (Å²) in [5, 5.41) is 4.41. The average Bonchev–Trinajstić information content (AvgIpc) is 2.92. The number of carbonyl (C=O) groups excluding carboxylic acids is 1. The average molecular weight is 377 g/mol. The molecule has 2 aromatic carbocycles. The summed E-state index contributed by atoms with van der Waals surface area (Å²) < 4.78 is 41.2. The van der Waals surface area contributed by atoms with E-state index in [-0.39, 0.29) is 23.8 Å². The lowest BCUT2D eigenvalue weighted by Gasteiger charge is -2.06. The molecule has 3 rings (SSSR count). The number of halogens is 3. The summed E-state index contributed by atoms with van der Waals surface area (Å²) in [5.41, 5.74) is 1.19. The quantitative estimate of drug-likeness (QED) is 0.736. The number of carbonyl (C=O) groups is 1. The standard InChI is InChI=1S/C18H14F3N3OS/c1-24-14(9-17(25)22-13-5-2-11(19)3-6-13)10-26-18(24)23-16-7-4-12(20)8-15(16)21/h2-8,10H,9H2,1H3,(H,22,25). The normalized spacial score (nSPS) is 11.6. The van der Waals surface area contributed by atoms with Crippen molar-refractivity contribution in [3.8, 4) is 0 Å². The summed E-state index contributed by atoms with van der Waals surface area (Å²) >= 11 is 1.24. The van der Waals surface area contributed by atoms with Gasteiger partial charge in [0.1, 0.15) is 17.3 Å². The van der Waals surface area contributed by atoms with Crippen molar-refractivity contribution in [1.82, 2.24) is 4.57 Å². The zero-order valence-electron chi connectivity index (χ0n) is 13.7. The molecule has 0 fully saturated rings. The van der Waals surface area contributed by atoms with E-state index in [9.17, 15) is 18.0 Å². The van der Waals surface area contributed by atoms with Gasteiger partial charge in [0.05, 0.1) is 6.42 Å². The van der Waals surface area contributed by atoms with E-state index in [1.165, 1.54) is 41.7 Å². The molecule has 0 aliphatic carbocycles. The van der Waals surface area contributed by atoms with Crippen molar-refractivity contribution in [2.45, 2.75) is 6.42 Å². The van der Waals surface area contributed by atoms with Crippen LogP contribution in [0.3, 0.4) is 0 Å². The van der Waals surface area contributed by atoms with Crippen LogP contribution in [0.2, 0.25) is 0 Å². The Morgan fingerprint density at radius 1 is 1.12 bits per heavy atom. The molecule has 0 atom stereocenters. The van der Waals surface area contributed by atoms with Gasteiger partial charge in [0.2, 0.25) is 5.91 Å². The third kappa shape index (κ3) is 4.20. The maximum absolute atomic E-state index is 13.7. The van der Waals surface area contributed by atoms with Gasteiger partial charge in [-0.05, 0) is 36.4 Å². The molecule has 4 nitrogen and oxygen atoms in total. The molecule has 0 radical (unpaired) electrons. The number of rotatable bonds is 4. The fourth-order valence-corrected chi connectivity index (χ4v) is 3.15. The number of nitrogens with zero attached hydrogens (tertiary/aromatic N) is 2. The van der Waals surface area contributed by atoms with Gasteiger partial charge in [-0.2, -0.15) is 0 Å². The zero-order valence-corrected chi connectivity index (χ0v) is 14.5. The lowest BCUT2D eigenvalue weighted by molar-refractivity contribution is -0.115.